The zero-order valence-electron chi connectivity index (χ0n) is 15.3. The van der Waals surface area contributed by atoms with Crippen LogP contribution in [0.5, 0.6) is 0 Å². The lowest BCUT2D eigenvalue weighted by Crippen LogP contribution is -2.20. The number of aromatic amines is 1. The second-order valence-electron chi connectivity index (χ2n) is 6.43. The molecular formula is C22H19N3O2S. The summed E-state index contributed by atoms with van der Waals surface area (Å²) in [6.45, 7) is 1.84. The van der Waals surface area contributed by atoms with Gasteiger partial charge in [0.05, 0.1) is 17.1 Å². The smallest absolute Gasteiger partial charge is 0.324 e. The number of hydrogen-bond acceptors (Lipinski definition) is 3. The number of nitrogens with zero attached hydrogens (tertiary/aromatic N) is 1. The minimum Gasteiger partial charge on any atom is -0.324 e. The summed E-state index contributed by atoms with van der Waals surface area (Å²) in [7, 11) is 0. The SMILES string of the molecule is Cc1c[nH]c(=O)n1-c1ccccc1NC(=O)CSc1ccc2ccccc2c1. The molecule has 1 heterocycles. The van der Waals surface area contributed by atoms with Gasteiger partial charge in [-0.15, -0.1) is 11.8 Å². The lowest BCUT2D eigenvalue weighted by atomic mass is 10.1. The molecule has 3 aromatic carbocycles. The van der Waals surface area contributed by atoms with Crippen molar-refractivity contribution < 1.29 is 4.79 Å². The van der Waals surface area contributed by atoms with Crippen LogP contribution in [0.25, 0.3) is 16.5 Å². The van der Waals surface area contributed by atoms with Gasteiger partial charge in [-0.3, -0.25) is 9.36 Å². The van der Waals surface area contributed by atoms with Gasteiger partial charge in [0, 0.05) is 16.8 Å². The summed E-state index contributed by atoms with van der Waals surface area (Å²) < 4.78 is 1.55. The molecule has 140 valence electrons. The number of para-hydroxylation sites is 2. The van der Waals surface area contributed by atoms with E-state index >= 15 is 0 Å². The second-order valence-corrected chi connectivity index (χ2v) is 7.48. The van der Waals surface area contributed by atoms with Gasteiger partial charge < -0.3 is 10.3 Å². The van der Waals surface area contributed by atoms with E-state index in [1.165, 1.54) is 17.1 Å². The Balaban J connectivity index is 1.49. The number of anilines is 1. The van der Waals surface area contributed by atoms with E-state index in [9.17, 15) is 9.59 Å². The summed E-state index contributed by atoms with van der Waals surface area (Å²) in [5, 5.41) is 5.26. The first-order valence-corrected chi connectivity index (χ1v) is 9.88. The van der Waals surface area contributed by atoms with Crippen molar-refractivity contribution in [3.05, 3.63) is 89.1 Å². The second kappa shape index (κ2) is 7.78. The average molecular weight is 389 g/mol. The van der Waals surface area contributed by atoms with Gasteiger partial charge >= 0.3 is 5.69 Å². The van der Waals surface area contributed by atoms with Crippen LogP contribution in [-0.4, -0.2) is 21.2 Å². The van der Waals surface area contributed by atoms with Gasteiger partial charge in [-0.05, 0) is 42.0 Å². The Morgan fingerprint density at radius 2 is 1.79 bits per heavy atom. The molecule has 0 aliphatic carbocycles. The highest BCUT2D eigenvalue weighted by molar-refractivity contribution is 8.00. The Kier molecular flexibility index (Phi) is 5.04. The first-order valence-electron chi connectivity index (χ1n) is 8.90. The molecule has 5 nitrogen and oxygen atoms in total. The average Bonchev–Trinajstić information content (AvgIpc) is 3.05. The van der Waals surface area contributed by atoms with Crippen molar-refractivity contribution in [1.82, 2.24) is 9.55 Å². The molecule has 0 bridgehead atoms. The molecule has 0 atom stereocenters. The van der Waals surface area contributed by atoms with Crippen molar-refractivity contribution in [3.63, 3.8) is 0 Å². The number of rotatable bonds is 5. The van der Waals surface area contributed by atoms with Crippen molar-refractivity contribution >= 4 is 34.1 Å². The molecule has 0 saturated heterocycles. The first-order chi connectivity index (χ1) is 13.6. The van der Waals surface area contributed by atoms with E-state index in [0.717, 1.165) is 16.0 Å². The van der Waals surface area contributed by atoms with Crippen LogP contribution in [0, 0.1) is 6.92 Å². The maximum Gasteiger partial charge on any atom is 0.330 e. The van der Waals surface area contributed by atoms with Gasteiger partial charge in [-0.2, -0.15) is 0 Å². The molecule has 0 spiro atoms. The van der Waals surface area contributed by atoms with E-state index in [0.29, 0.717) is 11.4 Å². The lowest BCUT2D eigenvalue weighted by molar-refractivity contribution is -0.113. The number of carbonyl (C=O) groups is 1. The number of hydrogen-bond donors (Lipinski definition) is 2. The molecule has 0 aliphatic rings. The van der Waals surface area contributed by atoms with Gasteiger partial charge in [0.1, 0.15) is 0 Å². The zero-order valence-corrected chi connectivity index (χ0v) is 16.1. The summed E-state index contributed by atoms with van der Waals surface area (Å²) in [5.41, 5.74) is 1.80. The Morgan fingerprint density at radius 3 is 2.57 bits per heavy atom. The summed E-state index contributed by atoms with van der Waals surface area (Å²) in [5.74, 6) is 0.167. The minimum absolute atomic E-state index is 0.119. The van der Waals surface area contributed by atoms with Crippen molar-refractivity contribution in [3.8, 4) is 5.69 Å². The van der Waals surface area contributed by atoms with E-state index in [-0.39, 0.29) is 17.3 Å². The number of aromatic nitrogens is 2. The molecule has 0 aliphatic heterocycles. The van der Waals surface area contributed by atoms with E-state index in [1.54, 1.807) is 16.8 Å². The molecule has 1 aromatic heterocycles. The predicted molar refractivity (Wildman–Crippen MR) is 114 cm³/mol. The normalized spacial score (nSPS) is 10.9. The van der Waals surface area contributed by atoms with E-state index in [4.69, 9.17) is 0 Å². The topological polar surface area (TPSA) is 66.9 Å². The van der Waals surface area contributed by atoms with Gasteiger partial charge in [0.2, 0.25) is 5.91 Å². The number of aryl methyl sites for hydroxylation is 1. The number of nitrogens with one attached hydrogen (secondary N) is 2. The minimum atomic E-state index is -0.232. The number of H-pyrrole nitrogens is 1. The van der Waals surface area contributed by atoms with Crippen molar-refractivity contribution in [2.45, 2.75) is 11.8 Å². The third-order valence-electron chi connectivity index (χ3n) is 4.47. The van der Waals surface area contributed by atoms with Gasteiger partial charge in [-0.1, -0.05) is 42.5 Å². The Bertz CT molecular complexity index is 1210. The highest BCUT2D eigenvalue weighted by Crippen LogP contribution is 2.25. The molecule has 0 radical (unpaired) electrons. The fraction of sp³-hybridized carbons (Fsp3) is 0.0909. The van der Waals surface area contributed by atoms with Crippen molar-refractivity contribution in [1.29, 1.82) is 0 Å². The quantitative estimate of drug-likeness (QED) is 0.499. The number of thioether (sulfide) groups is 1. The predicted octanol–water partition coefficient (Wildman–Crippen LogP) is 4.36. The summed E-state index contributed by atoms with van der Waals surface area (Å²) >= 11 is 1.49. The molecular weight excluding hydrogens is 370 g/mol. The number of amides is 1. The number of benzene rings is 3. The van der Waals surface area contributed by atoms with E-state index in [2.05, 4.69) is 34.6 Å². The third kappa shape index (κ3) is 3.73. The molecule has 2 N–H and O–H groups in total. The van der Waals surface area contributed by atoms with E-state index in [1.807, 2.05) is 43.3 Å². The summed E-state index contributed by atoms with van der Waals surface area (Å²) in [6.07, 6.45) is 1.65. The Hall–Kier alpha value is -3.25. The molecule has 4 rings (SSSR count). The third-order valence-corrected chi connectivity index (χ3v) is 5.46. The van der Waals surface area contributed by atoms with Gasteiger partial charge in [0.25, 0.3) is 0 Å². The Labute approximate surface area is 166 Å². The van der Waals surface area contributed by atoms with E-state index < -0.39 is 0 Å². The number of imidazole rings is 1. The summed E-state index contributed by atoms with van der Waals surface area (Å²) in [4.78, 5) is 28.3. The van der Waals surface area contributed by atoms with Crippen LogP contribution in [0.3, 0.4) is 0 Å². The molecule has 6 heteroatoms. The van der Waals surface area contributed by atoms with Crippen molar-refractivity contribution in [2.75, 3.05) is 11.1 Å². The van der Waals surface area contributed by atoms with Gasteiger partial charge in [0.15, 0.2) is 0 Å². The maximum absolute atomic E-state index is 12.5. The van der Waals surface area contributed by atoms with Crippen LogP contribution in [0.1, 0.15) is 5.69 Å². The Morgan fingerprint density at radius 1 is 1.04 bits per heavy atom. The molecule has 0 unspecified atom stereocenters. The lowest BCUT2D eigenvalue weighted by Gasteiger charge is -2.12. The van der Waals surface area contributed by atoms with Crippen LogP contribution in [0.2, 0.25) is 0 Å². The highest BCUT2D eigenvalue weighted by atomic mass is 32.2. The molecule has 4 aromatic rings. The first kappa shape index (κ1) is 18.1. The maximum atomic E-state index is 12.5. The zero-order chi connectivity index (χ0) is 19.5. The van der Waals surface area contributed by atoms with Crippen molar-refractivity contribution in [2.24, 2.45) is 0 Å². The molecule has 1 amide bonds. The standard InChI is InChI=1S/C22H19N3O2S/c1-15-13-23-22(27)25(15)20-9-5-4-8-19(20)24-21(26)14-28-18-11-10-16-6-2-3-7-17(16)12-18/h2-13H,14H2,1H3,(H,23,27)(H,24,26). The molecule has 0 saturated carbocycles. The number of carbonyl (C=O) groups excluding carboxylic acids is 1. The molecule has 28 heavy (non-hydrogen) atoms. The largest absolute Gasteiger partial charge is 0.330 e. The fourth-order valence-corrected chi connectivity index (χ4v) is 3.87. The highest BCUT2D eigenvalue weighted by Gasteiger charge is 2.12. The monoisotopic (exact) mass is 389 g/mol. The molecule has 0 fully saturated rings. The number of fused-ring (bicyclic) bond motifs is 1. The van der Waals surface area contributed by atoms with Crippen LogP contribution >= 0.6 is 11.8 Å². The van der Waals surface area contributed by atoms with Crippen LogP contribution in [0.15, 0.2) is 82.6 Å². The van der Waals surface area contributed by atoms with Crippen LogP contribution < -0.4 is 11.0 Å². The van der Waals surface area contributed by atoms with Crippen LogP contribution in [-0.2, 0) is 4.79 Å². The summed E-state index contributed by atoms with van der Waals surface area (Å²) in [6, 6.07) is 21.6. The fourth-order valence-electron chi connectivity index (χ4n) is 3.12. The van der Waals surface area contributed by atoms with Gasteiger partial charge in [-0.25, -0.2) is 4.79 Å². The van der Waals surface area contributed by atoms with Crippen LogP contribution in [0.4, 0.5) is 5.69 Å².